The molecule has 0 unspecified atom stereocenters. The molecule has 0 bridgehead atoms. The van der Waals surface area contributed by atoms with E-state index in [1.54, 1.807) is 55.6 Å². The molecule has 1 aromatic carbocycles. The van der Waals surface area contributed by atoms with Crippen LogP contribution in [0.2, 0.25) is 0 Å². The zero-order valence-electron chi connectivity index (χ0n) is 14.3. The van der Waals surface area contributed by atoms with Gasteiger partial charge in [-0.15, -0.1) is 0 Å². The van der Waals surface area contributed by atoms with Crippen molar-refractivity contribution in [2.24, 2.45) is 0 Å². The molecule has 0 saturated heterocycles. The van der Waals surface area contributed by atoms with Crippen molar-refractivity contribution < 1.29 is 14.3 Å². The number of rotatable bonds is 6. The number of hydrogen-bond acceptors (Lipinski definition) is 6. The van der Waals surface area contributed by atoms with Gasteiger partial charge in [-0.3, -0.25) is 5.32 Å². The third kappa shape index (κ3) is 4.07. The fourth-order valence-corrected chi connectivity index (χ4v) is 2.28. The minimum absolute atomic E-state index is 0.323. The Labute approximate surface area is 150 Å². The van der Waals surface area contributed by atoms with E-state index in [9.17, 15) is 4.79 Å². The van der Waals surface area contributed by atoms with Crippen LogP contribution < -0.4 is 20.1 Å². The Balaban J connectivity index is 1.60. The summed E-state index contributed by atoms with van der Waals surface area (Å²) in [6.07, 6.45) is 4.76. The number of hydrogen-bond donors (Lipinski definition) is 2. The van der Waals surface area contributed by atoms with Crippen LogP contribution in [0.5, 0.6) is 11.5 Å². The van der Waals surface area contributed by atoms with Gasteiger partial charge in [0.15, 0.2) is 17.3 Å². The highest BCUT2D eigenvalue weighted by molar-refractivity contribution is 5.88. The first-order valence-electron chi connectivity index (χ1n) is 7.77. The van der Waals surface area contributed by atoms with Gasteiger partial charge >= 0.3 is 6.03 Å². The SMILES string of the molecule is COc1ccc(CNC(=O)Nc2cc(-n3cccn3)ncn2)cc1OC. The maximum Gasteiger partial charge on any atom is 0.320 e. The molecule has 0 spiro atoms. The van der Waals surface area contributed by atoms with E-state index in [1.807, 2.05) is 6.07 Å². The van der Waals surface area contributed by atoms with Crippen LogP contribution in [-0.4, -0.2) is 40.0 Å². The van der Waals surface area contributed by atoms with Crippen molar-refractivity contribution in [2.45, 2.75) is 6.54 Å². The van der Waals surface area contributed by atoms with E-state index >= 15 is 0 Å². The second kappa shape index (κ2) is 7.97. The van der Waals surface area contributed by atoms with E-state index in [0.29, 0.717) is 29.7 Å². The molecule has 2 heterocycles. The number of methoxy groups -OCH3 is 2. The van der Waals surface area contributed by atoms with Crippen molar-refractivity contribution in [1.29, 1.82) is 0 Å². The number of nitrogens with zero attached hydrogens (tertiary/aromatic N) is 4. The number of carbonyl (C=O) groups is 1. The Morgan fingerprint density at radius 3 is 2.73 bits per heavy atom. The van der Waals surface area contributed by atoms with Crippen molar-refractivity contribution >= 4 is 11.8 Å². The average molecular weight is 354 g/mol. The van der Waals surface area contributed by atoms with Crippen LogP contribution in [0.15, 0.2) is 49.1 Å². The highest BCUT2D eigenvalue weighted by Crippen LogP contribution is 2.27. The van der Waals surface area contributed by atoms with Crippen LogP contribution in [0.3, 0.4) is 0 Å². The van der Waals surface area contributed by atoms with Gasteiger partial charge in [0.1, 0.15) is 12.1 Å². The molecule has 2 amide bonds. The van der Waals surface area contributed by atoms with Crippen molar-refractivity contribution in [1.82, 2.24) is 25.1 Å². The van der Waals surface area contributed by atoms with Crippen LogP contribution >= 0.6 is 0 Å². The first kappa shape index (κ1) is 17.2. The third-order valence-electron chi connectivity index (χ3n) is 3.53. The molecule has 2 aromatic heterocycles. The van der Waals surface area contributed by atoms with Crippen molar-refractivity contribution in [3.8, 4) is 17.3 Å². The van der Waals surface area contributed by atoms with Gasteiger partial charge in [-0.25, -0.2) is 19.4 Å². The normalized spacial score (nSPS) is 10.2. The highest BCUT2D eigenvalue weighted by atomic mass is 16.5. The number of benzene rings is 1. The maximum absolute atomic E-state index is 12.1. The molecule has 0 atom stereocenters. The summed E-state index contributed by atoms with van der Waals surface area (Å²) in [6.45, 7) is 0.323. The summed E-state index contributed by atoms with van der Waals surface area (Å²) in [6, 6.07) is 8.47. The van der Waals surface area contributed by atoms with Crippen LogP contribution in [0, 0.1) is 0 Å². The van der Waals surface area contributed by atoms with Crippen molar-refractivity contribution in [3.63, 3.8) is 0 Å². The molecule has 3 rings (SSSR count). The Hall–Kier alpha value is -3.62. The van der Waals surface area contributed by atoms with Gasteiger partial charge in [-0.2, -0.15) is 5.10 Å². The summed E-state index contributed by atoms with van der Waals surface area (Å²) in [5.41, 5.74) is 0.873. The molecule has 26 heavy (non-hydrogen) atoms. The fraction of sp³-hybridized carbons (Fsp3) is 0.176. The van der Waals surface area contributed by atoms with E-state index in [4.69, 9.17) is 9.47 Å². The topological polar surface area (TPSA) is 103 Å². The molecule has 2 N–H and O–H groups in total. The van der Waals surface area contributed by atoms with Gasteiger partial charge in [-0.1, -0.05) is 6.07 Å². The maximum atomic E-state index is 12.1. The Morgan fingerprint density at radius 2 is 2.00 bits per heavy atom. The standard InChI is InChI=1S/C17H18N6O3/c1-25-13-5-4-12(8-14(13)26-2)10-18-17(24)22-15-9-16(20-11-19-15)23-7-3-6-21-23/h3-9,11H,10H2,1-2H3,(H2,18,19,20,22,24). The second-order valence-corrected chi connectivity index (χ2v) is 5.21. The molecule has 3 aromatic rings. The van der Waals surface area contributed by atoms with E-state index in [1.165, 1.54) is 6.33 Å². The first-order valence-corrected chi connectivity index (χ1v) is 7.77. The zero-order chi connectivity index (χ0) is 18.4. The summed E-state index contributed by atoms with van der Waals surface area (Å²) < 4.78 is 12.0. The van der Waals surface area contributed by atoms with Gasteiger partial charge in [0.05, 0.1) is 14.2 Å². The Bertz CT molecular complexity index is 882. The minimum atomic E-state index is -0.384. The molecule has 9 nitrogen and oxygen atoms in total. The molecule has 0 aliphatic carbocycles. The number of aromatic nitrogens is 4. The average Bonchev–Trinajstić information content (AvgIpc) is 3.21. The van der Waals surface area contributed by atoms with Gasteiger partial charge < -0.3 is 14.8 Å². The van der Waals surface area contributed by atoms with Crippen LogP contribution in [0.25, 0.3) is 5.82 Å². The van der Waals surface area contributed by atoms with E-state index in [0.717, 1.165) is 5.56 Å². The monoisotopic (exact) mass is 354 g/mol. The molecule has 0 aliphatic rings. The second-order valence-electron chi connectivity index (χ2n) is 5.21. The van der Waals surface area contributed by atoms with Gasteiger partial charge in [0.25, 0.3) is 0 Å². The molecule has 0 radical (unpaired) electrons. The lowest BCUT2D eigenvalue weighted by molar-refractivity contribution is 0.251. The van der Waals surface area contributed by atoms with E-state index < -0.39 is 0 Å². The lowest BCUT2D eigenvalue weighted by atomic mass is 10.2. The predicted octanol–water partition coefficient (Wildman–Crippen LogP) is 2.00. The molecular weight excluding hydrogens is 336 g/mol. The van der Waals surface area contributed by atoms with Crippen LogP contribution in [0.1, 0.15) is 5.56 Å². The Morgan fingerprint density at radius 1 is 1.15 bits per heavy atom. The minimum Gasteiger partial charge on any atom is -0.493 e. The van der Waals surface area contributed by atoms with Crippen molar-refractivity contribution in [3.05, 3.63) is 54.6 Å². The van der Waals surface area contributed by atoms with Crippen LogP contribution in [-0.2, 0) is 6.54 Å². The summed E-state index contributed by atoms with van der Waals surface area (Å²) in [4.78, 5) is 20.2. The zero-order valence-corrected chi connectivity index (χ0v) is 14.3. The third-order valence-corrected chi connectivity index (χ3v) is 3.53. The Kier molecular flexibility index (Phi) is 5.28. The largest absolute Gasteiger partial charge is 0.493 e. The lowest BCUT2D eigenvalue weighted by Crippen LogP contribution is -2.28. The first-order chi connectivity index (χ1) is 12.7. The predicted molar refractivity (Wildman–Crippen MR) is 94.6 cm³/mol. The molecular formula is C17H18N6O3. The molecule has 0 aliphatic heterocycles. The summed E-state index contributed by atoms with van der Waals surface area (Å²) in [5.74, 6) is 2.16. The van der Waals surface area contributed by atoms with Gasteiger partial charge in [-0.05, 0) is 23.8 Å². The summed E-state index contributed by atoms with van der Waals surface area (Å²) in [5, 5.41) is 9.52. The number of nitrogens with one attached hydrogen (secondary N) is 2. The van der Waals surface area contributed by atoms with E-state index in [2.05, 4.69) is 25.7 Å². The quantitative estimate of drug-likeness (QED) is 0.702. The molecule has 9 heteroatoms. The lowest BCUT2D eigenvalue weighted by Gasteiger charge is -2.11. The van der Waals surface area contributed by atoms with Gasteiger partial charge in [0, 0.05) is 25.0 Å². The molecule has 0 fully saturated rings. The smallest absolute Gasteiger partial charge is 0.320 e. The highest BCUT2D eigenvalue weighted by Gasteiger charge is 2.08. The number of ether oxygens (including phenoxy) is 2. The van der Waals surface area contributed by atoms with E-state index in [-0.39, 0.29) is 6.03 Å². The number of carbonyl (C=O) groups excluding carboxylic acids is 1. The summed E-state index contributed by atoms with van der Waals surface area (Å²) >= 11 is 0. The molecule has 0 saturated carbocycles. The van der Waals surface area contributed by atoms with Crippen LogP contribution in [0.4, 0.5) is 10.6 Å². The van der Waals surface area contributed by atoms with Gasteiger partial charge in [0.2, 0.25) is 0 Å². The fourth-order valence-electron chi connectivity index (χ4n) is 2.28. The van der Waals surface area contributed by atoms with Crippen molar-refractivity contribution in [2.75, 3.05) is 19.5 Å². The number of urea groups is 1. The number of amides is 2. The summed E-state index contributed by atoms with van der Waals surface area (Å²) in [7, 11) is 3.14. The number of anilines is 1. The molecule has 134 valence electrons.